The second-order valence-corrected chi connectivity index (χ2v) is 5.48. The number of fused-ring (bicyclic) bond motifs is 1. The normalized spacial score (nSPS) is 26.4. The van der Waals surface area contributed by atoms with E-state index in [0.717, 1.165) is 43.0 Å². The van der Waals surface area contributed by atoms with Gasteiger partial charge in [0.05, 0.1) is 11.3 Å². The number of carbonyl (C=O) groups is 1. The molecule has 2 aliphatic heterocycles. The Morgan fingerprint density at radius 2 is 2.00 bits per heavy atom. The van der Waals surface area contributed by atoms with Crippen LogP contribution in [0.1, 0.15) is 21.6 Å². The molecule has 1 N–H and O–H groups in total. The number of likely N-dealkylation sites (tertiary alicyclic amines) is 1. The lowest BCUT2D eigenvalue weighted by atomic mass is 10.0. The second kappa shape index (κ2) is 4.35. The third kappa shape index (κ3) is 1.81. The maximum atomic E-state index is 12.6. The van der Waals surface area contributed by atoms with Gasteiger partial charge in [-0.1, -0.05) is 0 Å². The number of aromatic nitrogens is 1. The Hall–Kier alpha value is -1.42. The molecule has 0 radical (unpaired) electrons. The van der Waals surface area contributed by atoms with Gasteiger partial charge in [0.15, 0.2) is 0 Å². The highest BCUT2D eigenvalue weighted by atomic mass is 16.2. The van der Waals surface area contributed by atoms with Gasteiger partial charge < -0.3 is 10.2 Å². The third-order valence-corrected chi connectivity index (χ3v) is 4.24. The van der Waals surface area contributed by atoms with E-state index in [9.17, 15) is 4.79 Å². The molecule has 4 nitrogen and oxygen atoms in total. The lowest BCUT2D eigenvalue weighted by Gasteiger charge is -2.19. The summed E-state index contributed by atoms with van der Waals surface area (Å²) in [6.45, 7) is 7.80. The first-order chi connectivity index (χ1) is 8.66. The number of hydrogen-bond acceptors (Lipinski definition) is 3. The molecule has 0 aromatic carbocycles. The zero-order valence-corrected chi connectivity index (χ0v) is 10.9. The first-order valence-electron chi connectivity index (χ1n) is 6.59. The van der Waals surface area contributed by atoms with Gasteiger partial charge in [-0.3, -0.25) is 9.78 Å². The number of carbonyl (C=O) groups excluding carboxylic acids is 1. The quantitative estimate of drug-likeness (QED) is 0.802. The molecule has 0 saturated carbocycles. The maximum absolute atomic E-state index is 12.6. The van der Waals surface area contributed by atoms with Crippen LogP contribution in [0.5, 0.6) is 0 Å². The molecule has 1 aromatic rings. The smallest absolute Gasteiger partial charge is 0.255 e. The van der Waals surface area contributed by atoms with E-state index in [0.29, 0.717) is 11.8 Å². The minimum absolute atomic E-state index is 0.160. The Kier molecular flexibility index (Phi) is 2.82. The van der Waals surface area contributed by atoms with Crippen LogP contribution in [0.15, 0.2) is 12.3 Å². The number of nitrogens with zero attached hydrogens (tertiary/aromatic N) is 2. The molecule has 2 saturated heterocycles. The van der Waals surface area contributed by atoms with E-state index in [-0.39, 0.29) is 5.91 Å². The molecule has 2 aliphatic rings. The Bertz CT molecular complexity index is 454. The highest BCUT2D eigenvalue weighted by molar-refractivity contribution is 5.96. The molecule has 3 rings (SSSR count). The first-order valence-corrected chi connectivity index (χ1v) is 6.59. The third-order valence-electron chi connectivity index (χ3n) is 4.24. The van der Waals surface area contributed by atoms with Crippen LogP contribution in [0.2, 0.25) is 0 Å². The van der Waals surface area contributed by atoms with Crippen LogP contribution in [0, 0.1) is 25.7 Å². The van der Waals surface area contributed by atoms with Gasteiger partial charge in [-0.15, -0.1) is 0 Å². The molecule has 0 aliphatic carbocycles. The second-order valence-electron chi connectivity index (χ2n) is 5.48. The van der Waals surface area contributed by atoms with Crippen LogP contribution in [0.25, 0.3) is 0 Å². The molecule has 18 heavy (non-hydrogen) atoms. The number of aryl methyl sites for hydroxylation is 2. The molecule has 96 valence electrons. The van der Waals surface area contributed by atoms with Gasteiger partial charge in [-0.25, -0.2) is 0 Å². The molecule has 3 heterocycles. The minimum Gasteiger partial charge on any atom is -0.338 e. The minimum atomic E-state index is 0.160. The molecule has 1 aromatic heterocycles. The van der Waals surface area contributed by atoms with Gasteiger partial charge in [-0.2, -0.15) is 0 Å². The van der Waals surface area contributed by atoms with Crippen molar-refractivity contribution in [3.63, 3.8) is 0 Å². The topological polar surface area (TPSA) is 45.2 Å². The fourth-order valence-corrected chi connectivity index (χ4v) is 3.20. The fourth-order valence-electron chi connectivity index (χ4n) is 3.20. The Morgan fingerprint density at radius 3 is 2.61 bits per heavy atom. The predicted octanol–water partition coefficient (Wildman–Crippen LogP) is 0.990. The van der Waals surface area contributed by atoms with E-state index in [1.165, 1.54) is 0 Å². The predicted molar refractivity (Wildman–Crippen MR) is 69.5 cm³/mol. The number of rotatable bonds is 1. The highest BCUT2D eigenvalue weighted by Crippen LogP contribution is 2.28. The molecule has 0 bridgehead atoms. The van der Waals surface area contributed by atoms with Crippen molar-refractivity contribution in [1.29, 1.82) is 0 Å². The largest absolute Gasteiger partial charge is 0.338 e. The van der Waals surface area contributed by atoms with Crippen molar-refractivity contribution >= 4 is 5.91 Å². The van der Waals surface area contributed by atoms with Crippen molar-refractivity contribution < 1.29 is 4.79 Å². The van der Waals surface area contributed by atoms with E-state index in [2.05, 4.69) is 10.3 Å². The lowest BCUT2D eigenvalue weighted by Crippen LogP contribution is -2.32. The van der Waals surface area contributed by atoms with Crippen molar-refractivity contribution in [2.45, 2.75) is 13.8 Å². The Labute approximate surface area is 107 Å². The van der Waals surface area contributed by atoms with Crippen LogP contribution >= 0.6 is 0 Å². The average molecular weight is 245 g/mol. The van der Waals surface area contributed by atoms with Gasteiger partial charge >= 0.3 is 0 Å². The number of amides is 1. The summed E-state index contributed by atoms with van der Waals surface area (Å²) < 4.78 is 0. The van der Waals surface area contributed by atoms with E-state index in [1.807, 2.05) is 24.8 Å². The lowest BCUT2D eigenvalue weighted by molar-refractivity contribution is 0.0779. The van der Waals surface area contributed by atoms with Crippen LogP contribution in [0.3, 0.4) is 0 Å². The number of hydrogen-bond donors (Lipinski definition) is 1. The monoisotopic (exact) mass is 245 g/mol. The number of nitrogens with one attached hydrogen (secondary N) is 1. The molecule has 2 atom stereocenters. The van der Waals surface area contributed by atoms with E-state index in [1.54, 1.807) is 6.20 Å². The van der Waals surface area contributed by atoms with Gasteiger partial charge in [-0.05, 0) is 37.3 Å². The van der Waals surface area contributed by atoms with E-state index in [4.69, 9.17) is 0 Å². The summed E-state index contributed by atoms with van der Waals surface area (Å²) in [7, 11) is 0. The summed E-state index contributed by atoms with van der Waals surface area (Å²) in [5.74, 6) is 1.45. The summed E-state index contributed by atoms with van der Waals surface area (Å²) in [6, 6.07) is 1.92. The summed E-state index contributed by atoms with van der Waals surface area (Å²) in [4.78, 5) is 18.8. The summed E-state index contributed by atoms with van der Waals surface area (Å²) in [6.07, 6.45) is 1.77. The molecule has 2 fully saturated rings. The Morgan fingerprint density at radius 1 is 1.33 bits per heavy atom. The van der Waals surface area contributed by atoms with Crippen LogP contribution in [-0.2, 0) is 0 Å². The maximum Gasteiger partial charge on any atom is 0.255 e. The number of pyridine rings is 1. The summed E-state index contributed by atoms with van der Waals surface area (Å²) in [5, 5.41) is 3.40. The van der Waals surface area contributed by atoms with Crippen LogP contribution in [0.4, 0.5) is 0 Å². The zero-order chi connectivity index (χ0) is 12.7. The van der Waals surface area contributed by atoms with Gasteiger partial charge in [0.25, 0.3) is 5.91 Å². The average Bonchev–Trinajstić information content (AvgIpc) is 2.88. The molecule has 4 heteroatoms. The Balaban J connectivity index is 1.83. The van der Waals surface area contributed by atoms with E-state index < -0.39 is 0 Å². The summed E-state index contributed by atoms with van der Waals surface area (Å²) >= 11 is 0. The molecular formula is C14H19N3O. The molecule has 2 unspecified atom stereocenters. The fraction of sp³-hybridized carbons (Fsp3) is 0.571. The van der Waals surface area contributed by atoms with Gasteiger partial charge in [0.2, 0.25) is 0 Å². The molecule has 0 spiro atoms. The van der Waals surface area contributed by atoms with Crippen LogP contribution in [-0.4, -0.2) is 42.0 Å². The molecule has 1 amide bonds. The van der Waals surface area contributed by atoms with Gasteiger partial charge in [0.1, 0.15) is 0 Å². The van der Waals surface area contributed by atoms with E-state index >= 15 is 0 Å². The van der Waals surface area contributed by atoms with Gasteiger partial charge in [0, 0.05) is 32.4 Å². The highest BCUT2D eigenvalue weighted by Gasteiger charge is 2.38. The van der Waals surface area contributed by atoms with Crippen molar-refractivity contribution in [2.75, 3.05) is 26.2 Å². The SMILES string of the molecule is Cc1ccnc(C)c1C(=O)N1CC2CNCC2C1. The first kappa shape index (κ1) is 11.7. The van der Waals surface area contributed by atoms with Crippen molar-refractivity contribution in [3.8, 4) is 0 Å². The van der Waals surface area contributed by atoms with Crippen LogP contribution < -0.4 is 5.32 Å². The summed E-state index contributed by atoms with van der Waals surface area (Å²) in [5.41, 5.74) is 2.67. The molecular weight excluding hydrogens is 226 g/mol. The zero-order valence-electron chi connectivity index (χ0n) is 10.9. The standard InChI is InChI=1S/C14H19N3O/c1-9-3-4-16-10(2)13(9)14(18)17-7-11-5-15-6-12(11)8-17/h3-4,11-12,15H,5-8H2,1-2H3. The van der Waals surface area contributed by atoms with Crippen molar-refractivity contribution in [2.24, 2.45) is 11.8 Å². The van der Waals surface area contributed by atoms with Crippen molar-refractivity contribution in [1.82, 2.24) is 15.2 Å². The van der Waals surface area contributed by atoms with Crippen molar-refractivity contribution in [3.05, 3.63) is 29.1 Å².